The molecule has 3 atom stereocenters. The van der Waals surface area contributed by atoms with Gasteiger partial charge in [-0.2, -0.15) is 0 Å². The van der Waals surface area contributed by atoms with Crippen molar-refractivity contribution in [2.45, 2.75) is 277 Å². The first-order valence-corrected chi connectivity index (χ1v) is 28.7. The van der Waals surface area contributed by atoms with Gasteiger partial charge in [-0.3, -0.25) is 23.4 Å². The van der Waals surface area contributed by atoms with E-state index in [4.69, 9.17) is 23.3 Å². The molecule has 0 aliphatic rings. The Balaban J connectivity index is 4.68. The second-order valence-electron chi connectivity index (χ2n) is 18.4. The van der Waals surface area contributed by atoms with E-state index in [1.807, 2.05) is 0 Å². The van der Waals surface area contributed by atoms with E-state index in [0.717, 1.165) is 83.5 Å². The smallest absolute Gasteiger partial charge is 0.462 e. The molecule has 0 aromatic carbocycles. The van der Waals surface area contributed by atoms with Gasteiger partial charge in [0, 0.05) is 19.3 Å². The second-order valence-corrected chi connectivity index (χ2v) is 19.8. The van der Waals surface area contributed by atoms with Crippen molar-refractivity contribution >= 4 is 25.7 Å². The minimum Gasteiger partial charge on any atom is -0.462 e. The third kappa shape index (κ3) is 47.0. The van der Waals surface area contributed by atoms with Gasteiger partial charge >= 0.3 is 25.7 Å². The van der Waals surface area contributed by atoms with E-state index in [9.17, 15) is 28.9 Å². The number of carbonyl (C=O) groups is 3. The summed E-state index contributed by atoms with van der Waals surface area (Å²) in [6.45, 7) is 4.60. The molecule has 0 aromatic heterocycles. The molecule has 0 saturated heterocycles. The molecule has 0 aromatic rings. The van der Waals surface area contributed by atoms with E-state index < -0.39 is 57.8 Å². The Labute approximate surface area is 404 Å². The summed E-state index contributed by atoms with van der Waals surface area (Å²) in [5.41, 5.74) is 0. The third-order valence-corrected chi connectivity index (χ3v) is 12.8. The first-order valence-electron chi connectivity index (χ1n) is 27.2. The summed E-state index contributed by atoms with van der Waals surface area (Å²) in [6, 6.07) is 0. The van der Waals surface area contributed by atoms with Crippen molar-refractivity contribution in [3.8, 4) is 0 Å². The maximum atomic E-state index is 12.8. The van der Waals surface area contributed by atoms with Crippen molar-refractivity contribution in [2.24, 2.45) is 0 Å². The Morgan fingerprint density at radius 3 is 1.09 bits per heavy atom. The average molecular weight is 957 g/mol. The lowest BCUT2D eigenvalue weighted by molar-refractivity contribution is -0.161. The molecule has 0 rings (SSSR count). The van der Waals surface area contributed by atoms with Crippen LogP contribution in [0.5, 0.6) is 0 Å². The highest BCUT2D eigenvalue weighted by molar-refractivity contribution is 7.47. The molecule has 388 valence electrons. The number of aliphatic hydroxyl groups excluding tert-OH is 1. The van der Waals surface area contributed by atoms with Crippen LogP contribution in [0.4, 0.5) is 0 Å². The maximum Gasteiger partial charge on any atom is 0.472 e. The van der Waals surface area contributed by atoms with Crippen LogP contribution in [0.15, 0.2) is 24.3 Å². The largest absolute Gasteiger partial charge is 0.472 e. The minimum absolute atomic E-state index is 0.160. The summed E-state index contributed by atoms with van der Waals surface area (Å²) in [7, 11) is -4.73. The van der Waals surface area contributed by atoms with Crippen LogP contribution in [-0.2, 0) is 42.2 Å². The topological polar surface area (TPSA) is 155 Å². The normalized spacial score (nSPS) is 13.6. The van der Waals surface area contributed by atoms with E-state index in [2.05, 4.69) is 45.1 Å². The van der Waals surface area contributed by atoms with Crippen LogP contribution in [-0.4, -0.2) is 66.5 Å². The predicted molar refractivity (Wildman–Crippen MR) is 270 cm³/mol. The Bertz CT molecular complexity index is 1210. The van der Waals surface area contributed by atoms with Crippen molar-refractivity contribution in [2.75, 3.05) is 26.4 Å². The average Bonchev–Trinajstić information content (AvgIpc) is 3.30. The maximum absolute atomic E-state index is 12.8. The van der Waals surface area contributed by atoms with Crippen molar-refractivity contribution < 1.29 is 52.2 Å². The number of aliphatic hydroxyl groups is 1. The lowest BCUT2D eigenvalue weighted by atomic mass is 10.1. The first kappa shape index (κ1) is 64.0. The van der Waals surface area contributed by atoms with Crippen LogP contribution in [0.25, 0.3) is 0 Å². The quantitative estimate of drug-likeness (QED) is 0.0197. The van der Waals surface area contributed by atoms with E-state index in [0.29, 0.717) is 19.3 Å². The number of esters is 3. The summed E-state index contributed by atoms with van der Waals surface area (Å²) >= 11 is 0. The zero-order valence-electron chi connectivity index (χ0n) is 42.7. The van der Waals surface area contributed by atoms with Crippen LogP contribution in [0.1, 0.15) is 265 Å². The second kappa shape index (κ2) is 49.4. The van der Waals surface area contributed by atoms with Gasteiger partial charge in [0.1, 0.15) is 12.7 Å². The van der Waals surface area contributed by atoms with Gasteiger partial charge < -0.3 is 24.2 Å². The van der Waals surface area contributed by atoms with Gasteiger partial charge in [0.05, 0.1) is 19.8 Å². The number of phosphoric ester groups is 1. The Kier molecular flexibility index (Phi) is 47.9. The molecule has 0 heterocycles. The number of allylic oxidation sites excluding steroid dienone is 4. The van der Waals surface area contributed by atoms with Gasteiger partial charge in [-0.15, -0.1) is 0 Å². The lowest BCUT2D eigenvalue weighted by Crippen LogP contribution is -2.30. The molecule has 0 aliphatic heterocycles. The Morgan fingerprint density at radius 2 is 0.712 bits per heavy atom. The van der Waals surface area contributed by atoms with Crippen LogP contribution in [0, 0.1) is 0 Å². The lowest BCUT2D eigenvalue weighted by Gasteiger charge is -2.21. The molecule has 0 bridgehead atoms. The zero-order chi connectivity index (χ0) is 48.4. The number of hydrogen-bond donors (Lipinski definition) is 2. The van der Waals surface area contributed by atoms with Crippen LogP contribution in [0.3, 0.4) is 0 Å². The molecular weight excluding hydrogens is 856 g/mol. The Morgan fingerprint density at radius 1 is 0.409 bits per heavy atom. The molecule has 0 saturated carbocycles. The predicted octanol–water partition coefficient (Wildman–Crippen LogP) is 15.5. The van der Waals surface area contributed by atoms with Crippen LogP contribution in [0.2, 0.25) is 0 Å². The highest BCUT2D eigenvalue weighted by atomic mass is 31.2. The molecule has 12 heteroatoms. The molecule has 0 amide bonds. The van der Waals surface area contributed by atoms with Crippen LogP contribution >= 0.6 is 7.82 Å². The van der Waals surface area contributed by atoms with E-state index in [1.54, 1.807) is 0 Å². The van der Waals surface area contributed by atoms with Gasteiger partial charge in [0.25, 0.3) is 0 Å². The van der Waals surface area contributed by atoms with Crippen molar-refractivity contribution in [3.05, 3.63) is 24.3 Å². The number of ether oxygens (including phenoxy) is 3. The molecule has 0 aliphatic carbocycles. The molecule has 0 radical (unpaired) electrons. The molecular formula is C54H101O11P. The molecule has 11 nitrogen and oxygen atoms in total. The monoisotopic (exact) mass is 957 g/mol. The molecule has 3 unspecified atom stereocenters. The van der Waals surface area contributed by atoms with E-state index in [-0.39, 0.29) is 25.9 Å². The van der Waals surface area contributed by atoms with Gasteiger partial charge in [-0.05, 0) is 64.2 Å². The number of unbranched alkanes of at least 4 members (excludes halogenated alkanes) is 30. The summed E-state index contributed by atoms with van der Waals surface area (Å²) in [6.07, 6.45) is 47.2. The van der Waals surface area contributed by atoms with Gasteiger partial charge in [-0.1, -0.05) is 206 Å². The fourth-order valence-electron chi connectivity index (χ4n) is 7.63. The highest BCUT2D eigenvalue weighted by Crippen LogP contribution is 2.43. The minimum atomic E-state index is -4.73. The van der Waals surface area contributed by atoms with Crippen LogP contribution < -0.4 is 0 Å². The van der Waals surface area contributed by atoms with Crippen molar-refractivity contribution in [1.29, 1.82) is 0 Å². The van der Waals surface area contributed by atoms with E-state index in [1.165, 1.54) is 122 Å². The number of hydrogen-bond acceptors (Lipinski definition) is 10. The number of rotatable bonds is 51. The molecule has 0 fully saturated rings. The molecule has 0 spiro atoms. The molecule has 66 heavy (non-hydrogen) atoms. The number of phosphoric acid groups is 1. The summed E-state index contributed by atoms with van der Waals surface area (Å²) in [5.74, 6) is -1.46. The first-order chi connectivity index (χ1) is 32.2. The van der Waals surface area contributed by atoms with Gasteiger partial charge in [0.15, 0.2) is 6.10 Å². The third-order valence-electron chi connectivity index (χ3n) is 11.8. The SMILES string of the molecule is CCCC/C=C\CCCCCCCC(=O)OC(COC(=O)CCCCCCCCC/C=C\CCCCCCCC)COP(=O)(O)OCC(CO)OC(=O)CCCCCCCCCCCCC. The van der Waals surface area contributed by atoms with Crippen molar-refractivity contribution in [3.63, 3.8) is 0 Å². The summed E-state index contributed by atoms with van der Waals surface area (Å²) in [5, 5.41) is 9.76. The fraction of sp³-hybridized carbons (Fsp3) is 0.870. The summed E-state index contributed by atoms with van der Waals surface area (Å²) in [4.78, 5) is 48.3. The van der Waals surface area contributed by atoms with E-state index >= 15 is 0 Å². The number of carbonyl (C=O) groups excluding carboxylic acids is 3. The standard InChI is InChI=1S/C54H101O11P/c1-4-7-10-13-16-19-22-23-24-25-26-27-30-31-34-37-40-43-52(56)61-47-51(65-54(58)45-42-39-36-33-29-21-18-15-12-9-6-3)49-63-66(59,60)62-48-50(46-55)64-53(57)44-41-38-35-32-28-20-17-14-11-8-5-2/h15,18,23-24,50-51,55H,4-14,16-17,19-22,25-49H2,1-3H3,(H,59,60)/b18-15-,24-23-. The van der Waals surface area contributed by atoms with Gasteiger partial charge in [0.2, 0.25) is 0 Å². The zero-order valence-corrected chi connectivity index (χ0v) is 43.6. The highest BCUT2D eigenvalue weighted by Gasteiger charge is 2.28. The van der Waals surface area contributed by atoms with Crippen molar-refractivity contribution in [1.82, 2.24) is 0 Å². The van der Waals surface area contributed by atoms with Gasteiger partial charge in [-0.25, -0.2) is 4.57 Å². The molecule has 2 N–H and O–H groups in total. The fourth-order valence-corrected chi connectivity index (χ4v) is 8.41. The Hall–Kier alpha value is -2.04. The summed E-state index contributed by atoms with van der Waals surface area (Å²) < 4.78 is 39.4.